The molecule has 1 amide bonds. The minimum atomic E-state index is -0.255. The van der Waals surface area contributed by atoms with E-state index in [-0.39, 0.29) is 41.7 Å². The first kappa shape index (κ1) is 23.9. The summed E-state index contributed by atoms with van der Waals surface area (Å²) in [5, 5.41) is 9.30. The van der Waals surface area contributed by atoms with Gasteiger partial charge in [-0.3, -0.25) is 9.79 Å². The molecule has 0 bridgehead atoms. The molecular weight excluding hydrogens is 470 g/mol. The Morgan fingerprint density at radius 1 is 1.07 bits per heavy atom. The third kappa shape index (κ3) is 7.84. The van der Waals surface area contributed by atoms with Gasteiger partial charge in [0, 0.05) is 31.7 Å². The molecule has 0 saturated carbocycles. The van der Waals surface area contributed by atoms with Crippen LogP contribution in [0.1, 0.15) is 41.8 Å². The molecule has 2 rings (SSSR count). The summed E-state index contributed by atoms with van der Waals surface area (Å²) in [4.78, 5) is 16.3. The Bertz CT molecular complexity index is 780. The van der Waals surface area contributed by atoms with Crippen LogP contribution in [0.5, 0.6) is 0 Å². The molecule has 7 heteroatoms. The van der Waals surface area contributed by atoms with Gasteiger partial charge < -0.3 is 16.0 Å². The third-order valence-corrected chi connectivity index (χ3v) is 4.24. The van der Waals surface area contributed by atoms with Crippen molar-refractivity contribution in [3.8, 4) is 0 Å². The zero-order valence-electron chi connectivity index (χ0n) is 16.5. The van der Waals surface area contributed by atoms with Crippen LogP contribution in [0.15, 0.2) is 53.5 Å². The lowest BCUT2D eigenvalue weighted by atomic mass is 10.1. The topological polar surface area (TPSA) is 65.5 Å². The summed E-state index contributed by atoms with van der Waals surface area (Å²) in [5.74, 6) is 0.309. The van der Waals surface area contributed by atoms with E-state index in [4.69, 9.17) is 0 Å². The molecule has 152 valence electrons. The van der Waals surface area contributed by atoms with Crippen LogP contribution >= 0.6 is 24.0 Å². The van der Waals surface area contributed by atoms with Gasteiger partial charge in [-0.25, -0.2) is 4.39 Å². The Balaban J connectivity index is 0.00000392. The summed E-state index contributed by atoms with van der Waals surface area (Å²) >= 11 is 0. The van der Waals surface area contributed by atoms with Crippen LogP contribution in [0.4, 0.5) is 4.39 Å². The second kappa shape index (κ2) is 12.3. The van der Waals surface area contributed by atoms with E-state index in [0.29, 0.717) is 24.6 Å². The zero-order valence-corrected chi connectivity index (χ0v) is 18.8. The van der Waals surface area contributed by atoms with Crippen molar-refractivity contribution in [2.24, 2.45) is 4.99 Å². The normalized spacial score (nSPS) is 11.9. The van der Waals surface area contributed by atoms with Crippen molar-refractivity contribution in [1.82, 2.24) is 16.0 Å². The van der Waals surface area contributed by atoms with Crippen LogP contribution in [0.25, 0.3) is 0 Å². The van der Waals surface area contributed by atoms with Gasteiger partial charge in [0.2, 0.25) is 0 Å². The molecule has 0 aromatic heterocycles. The van der Waals surface area contributed by atoms with Crippen molar-refractivity contribution in [2.45, 2.75) is 39.4 Å². The predicted octanol–water partition coefficient (Wildman–Crippen LogP) is 3.84. The fourth-order valence-electron chi connectivity index (χ4n) is 2.42. The minimum absolute atomic E-state index is 0. The first-order chi connectivity index (χ1) is 13.0. The van der Waals surface area contributed by atoms with Crippen molar-refractivity contribution in [2.75, 3.05) is 7.05 Å². The molecule has 0 spiro atoms. The van der Waals surface area contributed by atoms with Crippen LogP contribution in [0.3, 0.4) is 0 Å². The largest absolute Gasteiger partial charge is 0.352 e. The molecule has 0 aliphatic rings. The lowest BCUT2D eigenvalue weighted by Crippen LogP contribution is -2.36. The summed E-state index contributed by atoms with van der Waals surface area (Å²) in [6.45, 7) is 5.07. The summed E-state index contributed by atoms with van der Waals surface area (Å²) in [6.07, 6.45) is 0.898. The van der Waals surface area contributed by atoms with Gasteiger partial charge in [0.05, 0.1) is 0 Å². The number of nitrogens with one attached hydrogen (secondary N) is 3. The molecular formula is C21H28FIN4O. The lowest BCUT2D eigenvalue weighted by molar-refractivity contribution is 0.0939. The van der Waals surface area contributed by atoms with E-state index in [2.05, 4.69) is 20.9 Å². The number of guanidine groups is 1. The average Bonchev–Trinajstić information content (AvgIpc) is 2.68. The van der Waals surface area contributed by atoms with E-state index in [0.717, 1.165) is 17.5 Å². The molecule has 28 heavy (non-hydrogen) atoms. The highest BCUT2D eigenvalue weighted by molar-refractivity contribution is 14.0. The van der Waals surface area contributed by atoms with Gasteiger partial charge in [-0.05, 0) is 48.7 Å². The number of nitrogens with zero attached hydrogens (tertiary/aromatic N) is 1. The van der Waals surface area contributed by atoms with Gasteiger partial charge >= 0.3 is 0 Å². The van der Waals surface area contributed by atoms with E-state index in [1.807, 2.05) is 44.2 Å². The molecule has 1 unspecified atom stereocenters. The number of hydrogen-bond donors (Lipinski definition) is 3. The highest BCUT2D eigenvalue weighted by Crippen LogP contribution is 2.06. The number of hydrogen-bond acceptors (Lipinski definition) is 2. The first-order valence-corrected chi connectivity index (χ1v) is 9.10. The standard InChI is InChI=1S/C21H27FN4O.HI/c1-4-15(2)26-20(27)18-10-8-16(9-11-18)13-24-21(23-3)25-14-17-6-5-7-19(22)12-17;/h5-12,15H,4,13-14H2,1-3H3,(H,26,27)(H2,23,24,25);1H. The van der Waals surface area contributed by atoms with Crippen molar-refractivity contribution in [3.63, 3.8) is 0 Å². The van der Waals surface area contributed by atoms with Crippen LogP contribution in [0.2, 0.25) is 0 Å². The molecule has 0 aliphatic heterocycles. The van der Waals surface area contributed by atoms with Crippen LogP contribution in [-0.2, 0) is 13.1 Å². The maximum Gasteiger partial charge on any atom is 0.251 e. The van der Waals surface area contributed by atoms with Gasteiger partial charge in [-0.15, -0.1) is 24.0 Å². The lowest BCUT2D eigenvalue weighted by Gasteiger charge is -2.13. The van der Waals surface area contributed by atoms with Gasteiger partial charge in [0.25, 0.3) is 5.91 Å². The number of carbonyl (C=O) groups excluding carboxylic acids is 1. The third-order valence-electron chi connectivity index (χ3n) is 4.24. The highest BCUT2D eigenvalue weighted by atomic mass is 127. The van der Waals surface area contributed by atoms with E-state index < -0.39 is 0 Å². The number of rotatable bonds is 7. The number of benzene rings is 2. The fraction of sp³-hybridized carbons (Fsp3) is 0.333. The van der Waals surface area contributed by atoms with Gasteiger partial charge in [-0.1, -0.05) is 31.2 Å². The Labute approximate surface area is 183 Å². The average molecular weight is 498 g/mol. The molecule has 3 N–H and O–H groups in total. The maximum absolute atomic E-state index is 13.2. The number of carbonyl (C=O) groups is 1. The van der Waals surface area contributed by atoms with Crippen LogP contribution < -0.4 is 16.0 Å². The molecule has 2 aromatic rings. The highest BCUT2D eigenvalue weighted by Gasteiger charge is 2.08. The van der Waals surface area contributed by atoms with E-state index in [9.17, 15) is 9.18 Å². The predicted molar refractivity (Wildman–Crippen MR) is 123 cm³/mol. The van der Waals surface area contributed by atoms with Gasteiger partial charge in [-0.2, -0.15) is 0 Å². The van der Waals surface area contributed by atoms with E-state index in [1.54, 1.807) is 13.1 Å². The minimum Gasteiger partial charge on any atom is -0.352 e. The SMILES string of the molecule is CCC(C)NC(=O)c1ccc(CNC(=NC)NCc2cccc(F)c2)cc1.I. The summed E-state index contributed by atoms with van der Waals surface area (Å²) < 4.78 is 13.2. The molecule has 0 heterocycles. The monoisotopic (exact) mass is 498 g/mol. The van der Waals surface area contributed by atoms with Gasteiger partial charge in [0.1, 0.15) is 5.82 Å². The summed E-state index contributed by atoms with van der Waals surface area (Å²) in [5.41, 5.74) is 2.52. The first-order valence-electron chi connectivity index (χ1n) is 9.10. The maximum atomic E-state index is 13.2. The molecule has 0 aliphatic carbocycles. The molecule has 5 nitrogen and oxygen atoms in total. The zero-order chi connectivity index (χ0) is 19.6. The van der Waals surface area contributed by atoms with Crippen molar-refractivity contribution >= 4 is 35.8 Å². The smallest absolute Gasteiger partial charge is 0.251 e. The van der Waals surface area contributed by atoms with Crippen LogP contribution in [0, 0.1) is 5.82 Å². The molecule has 0 saturated heterocycles. The Hall–Kier alpha value is -2.16. The number of aliphatic imine (C=N–C) groups is 1. The quantitative estimate of drug-likeness (QED) is 0.309. The number of amides is 1. The summed E-state index contributed by atoms with van der Waals surface area (Å²) in [6, 6.07) is 14.1. The number of halogens is 2. The molecule has 0 radical (unpaired) electrons. The van der Waals surface area contributed by atoms with E-state index >= 15 is 0 Å². The van der Waals surface area contributed by atoms with Crippen LogP contribution in [-0.4, -0.2) is 25.0 Å². The van der Waals surface area contributed by atoms with E-state index in [1.165, 1.54) is 12.1 Å². The second-order valence-corrected chi connectivity index (χ2v) is 6.39. The van der Waals surface area contributed by atoms with Crippen molar-refractivity contribution < 1.29 is 9.18 Å². The molecule has 2 aromatic carbocycles. The Kier molecular flexibility index (Phi) is 10.5. The summed E-state index contributed by atoms with van der Waals surface area (Å²) in [7, 11) is 1.68. The van der Waals surface area contributed by atoms with Crippen molar-refractivity contribution in [3.05, 3.63) is 71.0 Å². The fourth-order valence-corrected chi connectivity index (χ4v) is 2.42. The van der Waals surface area contributed by atoms with Crippen molar-refractivity contribution in [1.29, 1.82) is 0 Å². The van der Waals surface area contributed by atoms with Gasteiger partial charge in [0.15, 0.2) is 5.96 Å². The Morgan fingerprint density at radius 2 is 1.71 bits per heavy atom. The molecule has 0 fully saturated rings. The molecule has 1 atom stereocenters. The Morgan fingerprint density at radius 3 is 2.29 bits per heavy atom. The second-order valence-electron chi connectivity index (χ2n) is 6.39.